The highest BCUT2D eigenvalue weighted by Crippen LogP contribution is 2.26. The summed E-state index contributed by atoms with van der Waals surface area (Å²) in [6, 6.07) is 7.80. The lowest BCUT2D eigenvalue weighted by molar-refractivity contribution is 0.0163. The van der Waals surface area contributed by atoms with Crippen molar-refractivity contribution in [1.82, 2.24) is 15.6 Å². The van der Waals surface area contributed by atoms with Crippen LogP contribution in [-0.2, 0) is 4.74 Å². The Morgan fingerprint density at radius 3 is 2.77 bits per heavy atom. The van der Waals surface area contributed by atoms with Crippen LogP contribution < -0.4 is 10.6 Å². The molecule has 1 aliphatic carbocycles. The van der Waals surface area contributed by atoms with E-state index >= 15 is 0 Å². The van der Waals surface area contributed by atoms with Crippen LogP contribution in [0.3, 0.4) is 0 Å². The van der Waals surface area contributed by atoms with Crippen molar-refractivity contribution in [2.24, 2.45) is 5.92 Å². The first-order valence-corrected chi connectivity index (χ1v) is 12.0. The number of carbonyl (C=O) groups is 1. The lowest BCUT2D eigenvalue weighted by atomic mass is 9.87. The molecule has 0 unspecified atom stereocenters. The molecule has 0 saturated heterocycles. The van der Waals surface area contributed by atoms with Crippen molar-refractivity contribution in [3.05, 3.63) is 48.7 Å². The lowest BCUT2D eigenvalue weighted by Gasteiger charge is -2.28. The van der Waals surface area contributed by atoms with Crippen LogP contribution in [0.2, 0.25) is 0 Å². The van der Waals surface area contributed by atoms with Gasteiger partial charge in [0.05, 0.1) is 6.10 Å². The van der Waals surface area contributed by atoms with Gasteiger partial charge in [0.2, 0.25) is 0 Å². The number of rotatable bonds is 14. The van der Waals surface area contributed by atoms with E-state index in [1.54, 1.807) is 0 Å². The summed E-state index contributed by atoms with van der Waals surface area (Å²) in [6.07, 6.45) is 14.7. The molecule has 31 heavy (non-hydrogen) atoms. The molecule has 0 bridgehead atoms. The first kappa shape index (κ1) is 23.6. The van der Waals surface area contributed by atoms with Gasteiger partial charge < -0.3 is 20.4 Å². The van der Waals surface area contributed by atoms with Crippen LogP contribution in [0.1, 0.15) is 68.1 Å². The minimum Gasteiger partial charge on any atom is -0.378 e. The van der Waals surface area contributed by atoms with Crippen molar-refractivity contribution >= 4 is 16.8 Å². The highest BCUT2D eigenvalue weighted by molar-refractivity contribution is 5.98. The molecule has 3 rings (SSSR count). The third-order valence-corrected chi connectivity index (χ3v) is 6.29. The van der Waals surface area contributed by atoms with Crippen LogP contribution >= 0.6 is 0 Å². The van der Waals surface area contributed by atoms with Crippen molar-refractivity contribution in [2.45, 2.75) is 63.9 Å². The SMILES string of the molecule is C=CCCNCCCCCCOC1CCC(CNC(=O)c2ccc3[nH]ccc3c2)CC1. The second-order valence-electron chi connectivity index (χ2n) is 8.74. The average Bonchev–Trinajstić information content (AvgIpc) is 3.27. The van der Waals surface area contributed by atoms with Gasteiger partial charge in [0.15, 0.2) is 0 Å². The molecule has 1 aliphatic rings. The second kappa shape index (κ2) is 13.3. The van der Waals surface area contributed by atoms with Gasteiger partial charge in [-0.3, -0.25) is 4.79 Å². The number of fused-ring (bicyclic) bond motifs is 1. The molecule has 0 aliphatic heterocycles. The number of amides is 1. The summed E-state index contributed by atoms with van der Waals surface area (Å²) in [5, 5.41) is 7.64. The molecule has 0 radical (unpaired) electrons. The number of nitrogens with one attached hydrogen (secondary N) is 3. The zero-order valence-electron chi connectivity index (χ0n) is 18.8. The van der Waals surface area contributed by atoms with E-state index in [1.165, 1.54) is 19.3 Å². The fraction of sp³-hybridized carbons (Fsp3) is 0.577. The van der Waals surface area contributed by atoms with Gasteiger partial charge in [-0.15, -0.1) is 6.58 Å². The topological polar surface area (TPSA) is 66.2 Å². The molecule has 1 amide bonds. The highest BCUT2D eigenvalue weighted by atomic mass is 16.5. The Hall–Kier alpha value is -2.11. The number of hydrogen-bond donors (Lipinski definition) is 3. The Kier molecular flexibility index (Phi) is 10.1. The third-order valence-electron chi connectivity index (χ3n) is 6.29. The first-order valence-electron chi connectivity index (χ1n) is 12.0. The molecular formula is C26H39N3O2. The highest BCUT2D eigenvalue weighted by Gasteiger charge is 2.22. The van der Waals surface area contributed by atoms with E-state index < -0.39 is 0 Å². The molecule has 1 heterocycles. The summed E-state index contributed by atoms with van der Waals surface area (Å²) in [7, 11) is 0. The number of aromatic amines is 1. The van der Waals surface area contributed by atoms with E-state index in [2.05, 4.69) is 22.2 Å². The molecule has 2 aromatic rings. The van der Waals surface area contributed by atoms with Crippen molar-refractivity contribution in [3.63, 3.8) is 0 Å². The Balaban J connectivity index is 1.21. The average molecular weight is 426 g/mol. The third kappa shape index (κ3) is 8.15. The van der Waals surface area contributed by atoms with E-state index in [9.17, 15) is 4.79 Å². The molecule has 1 saturated carbocycles. The summed E-state index contributed by atoms with van der Waals surface area (Å²) in [5.41, 5.74) is 1.79. The molecule has 170 valence electrons. The van der Waals surface area contributed by atoms with E-state index in [0.29, 0.717) is 12.0 Å². The van der Waals surface area contributed by atoms with Gasteiger partial charge in [-0.25, -0.2) is 0 Å². The van der Waals surface area contributed by atoms with Crippen LogP contribution in [0.5, 0.6) is 0 Å². The van der Waals surface area contributed by atoms with E-state index in [-0.39, 0.29) is 5.91 Å². The van der Waals surface area contributed by atoms with Gasteiger partial charge in [0.1, 0.15) is 0 Å². The molecule has 0 atom stereocenters. The van der Waals surface area contributed by atoms with Crippen molar-refractivity contribution in [2.75, 3.05) is 26.2 Å². The summed E-state index contributed by atoms with van der Waals surface area (Å²) >= 11 is 0. The van der Waals surface area contributed by atoms with Crippen LogP contribution in [0.25, 0.3) is 10.9 Å². The van der Waals surface area contributed by atoms with Crippen LogP contribution in [0.15, 0.2) is 43.1 Å². The predicted molar refractivity (Wildman–Crippen MR) is 128 cm³/mol. The van der Waals surface area contributed by atoms with Gasteiger partial charge >= 0.3 is 0 Å². The number of benzene rings is 1. The maximum atomic E-state index is 12.5. The van der Waals surface area contributed by atoms with Gasteiger partial charge in [0, 0.05) is 35.8 Å². The number of hydrogen-bond acceptors (Lipinski definition) is 3. The minimum absolute atomic E-state index is 0.0254. The van der Waals surface area contributed by atoms with Crippen LogP contribution in [-0.4, -0.2) is 43.2 Å². The Bertz CT molecular complexity index is 793. The largest absolute Gasteiger partial charge is 0.378 e. The molecular weight excluding hydrogens is 386 g/mol. The zero-order valence-corrected chi connectivity index (χ0v) is 18.8. The Labute approximate surface area is 187 Å². The predicted octanol–water partition coefficient (Wildman–Crippen LogP) is 5.20. The quantitative estimate of drug-likeness (QED) is 0.288. The van der Waals surface area contributed by atoms with Crippen molar-refractivity contribution in [1.29, 1.82) is 0 Å². The van der Waals surface area contributed by atoms with E-state index in [0.717, 1.165) is 81.2 Å². The summed E-state index contributed by atoms with van der Waals surface area (Å²) < 4.78 is 6.10. The van der Waals surface area contributed by atoms with Gasteiger partial charge in [-0.05, 0) is 88.2 Å². The number of H-pyrrole nitrogens is 1. The van der Waals surface area contributed by atoms with Gasteiger partial charge in [-0.2, -0.15) is 0 Å². The lowest BCUT2D eigenvalue weighted by Crippen LogP contribution is -2.32. The smallest absolute Gasteiger partial charge is 0.251 e. The van der Waals surface area contributed by atoms with Gasteiger partial charge in [-0.1, -0.05) is 18.9 Å². The van der Waals surface area contributed by atoms with Crippen molar-refractivity contribution < 1.29 is 9.53 Å². The molecule has 5 heteroatoms. The summed E-state index contributed by atoms with van der Waals surface area (Å²) in [5.74, 6) is 0.589. The normalized spacial score (nSPS) is 18.8. The monoisotopic (exact) mass is 425 g/mol. The maximum Gasteiger partial charge on any atom is 0.251 e. The standard InChI is InChI=1S/C26H39N3O2/c1-2-3-15-27-16-6-4-5-7-18-31-24-11-8-21(9-12-24)20-29-26(30)23-10-13-25-22(19-23)14-17-28-25/h2,10,13-14,17,19,21,24,27-28H,1,3-9,11-12,15-16,18,20H2,(H,29,30). The maximum absolute atomic E-state index is 12.5. The van der Waals surface area contributed by atoms with E-state index in [4.69, 9.17) is 4.74 Å². The first-order chi connectivity index (χ1) is 15.3. The molecule has 0 spiro atoms. The van der Waals surface area contributed by atoms with E-state index in [1.807, 2.05) is 36.5 Å². The van der Waals surface area contributed by atoms with Crippen LogP contribution in [0, 0.1) is 5.92 Å². The molecule has 1 fully saturated rings. The minimum atomic E-state index is 0.0254. The molecule has 5 nitrogen and oxygen atoms in total. The number of unbranched alkanes of at least 4 members (excludes halogenated alkanes) is 3. The Morgan fingerprint density at radius 1 is 1.10 bits per heavy atom. The fourth-order valence-electron chi connectivity index (χ4n) is 4.32. The van der Waals surface area contributed by atoms with Gasteiger partial charge in [0.25, 0.3) is 5.91 Å². The molecule has 3 N–H and O–H groups in total. The fourth-order valence-corrected chi connectivity index (χ4v) is 4.32. The molecule has 1 aromatic carbocycles. The number of ether oxygens (including phenoxy) is 1. The second-order valence-corrected chi connectivity index (χ2v) is 8.74. The Morgan fingerprint density at radius 2 is 1.94 bits per heavy atom. The number of carbonyl (C=O) groups excluding carboxylic acids is 1. The van der Waals surface area contributed by atoms with Crippen molar-refractivity contribution in [3.8, 4) is 0 Å². The number of aromatic nitrogens is 1. The molecule has 1 aromatic heterocycles. The summed E-state index contributed by atoms with van der Waals surface area (Å²) in [6.45, 7) is 7.53. The van der Waals surface area contributed by atoms with Crippen LogP contribution in [0.4, 0.5) is 0 Å². The zero-order chi connectivity index (χ0) is 21.7. The summed E-state index contributed by atoms with van der Waals surface area (Å²) in [4.78, 5) is 15.6.